The van der Waals surface area contributed by atoms with E-state index in [-0.39, 0.29) is 5.82 Å². The fraction of sp³-hybridized carbons (Fsp3) is 0.524. The van der Waals surface area contributed by atoms with E-state index in [9.17, 15) is 4.39 Å². The Morgan fingerprint density at radius 1 is 1.32 bits per heavy atom. The fourth-order valence-electron chi connectivity index (χ4n) is 3.36. The number of guanidine groups is 1. The summed E-state index contributed by atoms with van der Waals surface area (Å²) in [6.07, 6.45) is 5.90. The fourth-order valence-corrected chi connectivity index (χ4v) is 4.21. The molecule has 1 aromatic heterocycles. The van der Waals surface area contributed by atoms with Gasteiger partial charge in [0.15, 0.2) is 5.96 Å². The number of benzene rings is 1. The third-order valence-electron chi connectivity index (χ3n) is 4.90. The zero-order chi connectivity index (χ0) is 19.8. The number of aromatic nitrogens is 1. The lowest BCUT2D eigenvalue weighted by molar-refractivity contribution is 0.461. The van der Waals surface area contributed by atoms with Crippen molar-refractivity contribution in [1.29, 1.82) is 0 Å². The van der Waals surface area contributed by atoms with Crippen LogP contribution in [0.15, 0.2) is 35.5 Å². The first-order valence-corrected chi connectivity index (χ1v) is 11.0. The molecular formula is C21H30FN5S. The van der Waals surface area contributed by atoms with E-state index in [1.54, 1.807) is 23.5 Å². The molecule has 0 radical (unpaired) electrons. The Kier molecular flexibility index (Phi) is 7.65. The quantitative estimate of drug-likeness (QED) is 0.548. The molecular weight excluding hydrogens is 373 g/mol. The molecule has 1 aliphatic heterocycles. The Hall–Kier alpha value is -2.15. The van der Waals surface area contributed by atoms with Crippen LogP contribution in [0.3, 0.4) is 0 Å². The first-order chi connectivity index (χ1) is 13.7. The molecule has 28 heavy (non-hydrogen) atoms. The standard InChI is InChI=1S/C21H30FN5S/c1-3-19-15-25-20(28-19)8-11-24-21(23-4-2)26-17-9-12-27(13-10-17)18-7-5-6-16(22)14-18/h5-7,14-15,17H,3-4,8-13H2,1-2H3,(H2,23,24,26). The molecule has 5 nitrogen and oxygen atoms in total. The van der Waals surface area contributed by atoms with Gasteiger partial charge >= 0.3 is 0 Å². The Morgan fingerprint density at radius 3 is 2.82 bits per heavy atom. The third-order valence-corrected chi connectivity index (χ3v) is 6.10. The number of piperidine rings is 1. The Balaban J connectivity index is 1.48. The van der Waals surface area contributed by atoms with Crippen molar-refractivity contribution in [3.05, 3.63) is 46.2 Å². The number of thiazole rings is 1. The van der Waals surface area contributed by atoms with Crippen molar-refractivity contribution in [3.63, 3.8) is 0 Å². The number of hydrogen-bond acceptors (Lipinski definition) is 4. The second kappa shape index (κ2) is 10.4. The van der Waals surface area contributed by atoms with Crippen LogP contribution in [0.2, 0.25) is 0 Å². The van der Waals surface area contributed by atoms with Crippen molar-refractivity contribution >= 4 is 23.0 Å². The molecule has 0 aliphatic carbocycles. The molecule has 1 saturated heterocycles. The zero-order valence-electron chi connectivity index (χ0n) is 16.7. The minimum Gasteiger partial charge on any atom is -0.371 e. The molecule has 3 rings (SSSR count). The van der Waals surface area contributed by atoms with Crippen LogP contribution in [0.1, 0.15) is 36.6 Å². The Bertz CT molecular complexity index is 768. The number of aliphatic imine (C=N–C) groups is 1. The summed E-state index contributed by atoms with van der Waals surface area (Å²) in [4.78, 5) is 12.8. The smallest absolute Gasteiger partial charge is 0.191 e. The van der Waals surface area contributed by atoms with Crippen molar-refractivity contribution in [2.75, 3.05) is 31.1 Å². The molecule has 2 heterocycles. The molecule has 7 heteroatoms. The van der Waals surface area contributed by atoms with E-state index >= 15 is 0 Å². The van der Waals surface area contributed by atoms with Gasteiger partial charge in [-0.3, -0.25) is 4.99 Å². The highest BCUT2D eigenvalue weighted by atomic mass is 32.1. The lowest BCUT2D eigenvalue weighted by Gasteiger charge is -2.34. The van der Waals surface area contributed by atoms with E-state index < -0.39 is 0 Å². The second-order valence-corrected chi connectivity index (χ2v) is 8.17. The van der Waals surface area contributed by atoms with Crippen LogP contribution in [0.25, 0.3) is 0 Å². The van der Waals surface area contributed by atoms with Crippen LogP contribution < -0.4 is 15.5 Å². The predicted molar refractivity (Wildman–Crippen MR) is 116 cm³/mol. The number of anilines is 1. The largest absolute Gasteiger partial charge is 0.371 e. The first-order valence-electron chi connectivity index (χ1n) is 10.2. The average Bonchev–Trinajstić information content (AvgIpc) is 3.17. The summed E-state index contributed by atoms with van der Waals surface area (Å²) in [6, 6.07) is 7.24. The number of halogens is 1. The highest BCUT2D eigenvalue weighted by Gasteiger charge is 2.20. The van der Waals surface area contributed by atoms with Crippen molar-refractivity contribution < 1.29 is 4.39 Å². The zero-order valence-corrected chi connectivity index (χ0v) is 17.6. The summed E-state index contributed by atoms with van der Waals surface area (Å²) in [5.41, 5.74) is 0.967. The lowest BCUT2D eigenvalue weighted by atomic mass is 10.0. The summed E-state index contributed by atoms with van der Waals surface area (Å²) >= 11 is 1.78. The van der Waals surface area contributed by atoms with Gasteiger partial charge in [-0.05, 0) is 44.4 Å². The molecule has 0 saturated carbocycles. The van der Waals surface area contributed by atoms with Gasteiger partial charge in [-0.1, -0.05) is 13.0 Å². The van der Waals surface area contributed by atoms with Crippen LogP contribution in [-0.4, -0.2) is 43.2 Å². The van der Waals surface area contributed by atoms with E-state index in [1.807, 2.05) is 12.3 Å². The molecule has 1 aliphatic rings. The van der Waals surface area contributed by atoms with Crippen LogP contribution in [0.4, 0.5) is 10.1 Å². The topological polar surface area (TPSA) is 52.6 Å². The van der Waals surface area contributed by atoms with Crippen molar-refractivity contribution in [3.8, 4) is 0 Å². The van der Waals surface area contributed by atoms with Gasteiger partial charge in [0.1, 0.15) is 5.82 Å². The lowest BCUT2D eigenvalue weighted by Crippen LogP contribution is -2.48. The summed E-state index contributed by atoms with van der Waals surface area (Å²) < 4.78 is 13.5. The third kappa shape index (κ3) is 5.92. The highest BCUT2D eigenvalue weighted by molar-refractivity contribution is 7.11. The molecule has 0 bridgehead atoms. The van der Waals surface area contributed by atoms with Crippen LogP contribution in [0, 0.1) is 5.82 Å². The van der Waals surface area contributed by atoms with E-state index in [1.165, 1.54) is 10.9 Å². The molecule has 152 valence electrons. The van der Waals surface area contributed by atoms with Gasteiger partial charge in [-0.15, -0.1) is 11.3 Å². The van der Waals surface area contributed by atoms with E-state index in [4.69, 9.17) is 4.99 Å². The van der Waals surface area contributed by atoms with E-state index in [2.05, 4.69) is 34.4 Å². The van der Waals surface area contributed by atoms with Crippen LogP contribution in [0.5, 0.6) is 0 Å². The highest BCUT2D eigenvalue weighted by Crippen LogP contribution is 2.20. The minimum atomic E-state index is -0.175. The second-order valence-electron chi connectivity index (χ2n) is 6.97. The minimum absolute atomic E-state index is 0.175. The molecule has 0 amide bonds. The molecule has 0 spiro atoms. The maximum atomic E-state index is 13.5. The Labute approximate surface area is 171 Å². The molecule has 0 atom stereocenters. The summed E-state index contributed by atoms with van der Waals surface area (Å²) in [5, 5.41) is 8.06. The SMILES string of the molecule is CCNC(=NCCc1ncc(CC)s1)NC1CCN(c2cccc(F)c2)CC1. The van der Waals surface area contributed by atoms with Crippen molar-refractivity contribution in [2.45, 2.75) is 45.6 Å². The van der Waals surface area contributed by atoms with Gasteiger partial charge in [-0.2, -0.15) is 0 Å². The maximum Gasteiger partial charge on any atom is 0.191 e. The van der Waals surface area contributed by atoms with Gasteiger partial charge in [0.05, 0.1) is 5.01 Å². The van der Waals surface area contributed by atoms with Crippen molar-refractivity contribution in [2.24, 2.45) is 4.99 Å². The predicted octanol–water partition coefficient (Wildman–Crippen LogP) is 3.61. The van der Waals surface area contributed by atoms with Gasteiger partial charge in [0, 0.05) is 55.4 Å². The van der Waals surface area contributed by atoms with Gasteiger partial charge < -0.3 is 15.5 Å². The maximum absolute atomic E-state index is 13.5. The Morgan fingerprint density at radius 2 is 2.14 bits per heavy atom. The summed E-state index contributed by atoms with van der Waals surface area (Å²) in [7, 11) is 0. The number of nitrogens with zero attached hydrogens (tertiary/aromatic N) is 3. The monoisotopic (exact) mass is 403 g/mol. The van der Waals surface area contributed by atoms with Gasteiger partial charge in [0.2, 0.25) is 0 Å². The summed E-state index contributed by atoms with van der Waals surface area (Å²) in [6.45, 7) is 7.64. The van der Waals surface area contributed by atoms with Crippen molar-refractivity contribution in [1.82, 2.24) is 15.6 Å². The van der Waals surface area contributed by atoms with E-state index in [0.29, 0.717) is 6.04 Å². The van der Waals surface area contributed by atoms with Gasteiger partial charge in [-0.25, -0.2) is 9.37 Å². The number of aryl methyl sites for hydroxylation is 1. The summed E-state index contributed by atoms with van der Waals surface area (Å²) in [5.74, 6) is 0.699. The van der Waals surface area contributed by atoms with E-state index in [0.717, 1.165) is 68.5 Å². The number of nitrogens with one attached hydrogen (secondary N) is 2. The molecule has 0 unspecified atom stereocenters. The number of hydrogen-bond donors (Lipinski definition) is 2. The van der Waals surface area contributed by atoms with Gasteiger partial charge in [0.25, 0.3) is 0 Å². The average molecular weight is 404 g/mol. The molecule has 2 N–H and O–H groups in total. The molecule has 2 aromatic rings. The van der Waals surface area contributed by atoms with Crippen LogP contribution in [-0.2, 0) is 12.8 Å². The molecule has 1 aromatic carbocycles. The van der Waals surface area contributed by atoms with Crippen LogP contribution >= 0.6 is 11.3 Å². The molecule has 1 fully saturated rings. The normalized spacial score (nSPS) is 15.7. The first kappa shape index (κ1) is 20.6. The number of rotatable bonds is 7.